The fourth-order valence-corrected chi connectivity index (χ4v) is 2.64. The average molecular weight is 242 g/mol. The van der Waals surface area contributed by atoms with E-state index in [1.165, 1.54) is 17.4 Å². The highest BCUT2D eigenvalue weighted by molar-refractivity contribution is 7.19. The van der Waals surface area contributed by atoms with Crippen molar-refractivity contribution < 1.29 is 13.2 Å². The van der Waals surface area contributed by atoms with Gasteiger partial charge < -0.3 is 0 Å². The second-order valence-electron chi connectivity index (χ2n) is 3.56. The Morgan fingerprint density at radius 2 is 2.00 bits per heavy atom. The summed E-state index contributed by atoms with van der Waals surface area (Å²) in [6.07, 6.45) is -4.37. The molecule has 1 aromatic carbocycles. The molecular weight excluding hydrogens is 233 g/mol. The van der Waals surface area contributed by atoms with Crippen LogP contribution in [0.1, 0.15) is 10.4 Å². The lowest BCUT2D eigenvalue weighted by atomic mass is 10.1. The monoisotopic (exact) mass is 242 g/mol. The maximum atomic E-state index is 12.6. The number of hydrogen-bond donors (Lipinski definition) is 0. The van der Waals surface area contributed by atoms with E-state index in [9.17, 15) is 13.2 Å². The molecule has 0 unspecified atom stereocenters. The Morgan fingerprint density at radius 1 is 1.31 bits per heavy atom. The second-order valence-corrected chi connectivity index (χ2v) is 4.81. The molecule has 2 rings (SSSR count). The molecule has 16 heavy (non-hydrogen) atoms. The number of allylic oxidation sites excluding steroid dienone is 1. The lowest BCUT2D eigenvalue weighted by molar-refractivity contribution is -0.0685. The lowest BCUT2D eigenvalue weighted by Crippen LogP contribution is -2.09. The van der Waals surface area contributed by atoms with Gasteiger partial charge in [-0.3, -0.25) is 0 Å². The Bertz CT molecular complexity index is 549. The Morgan fingerprint density at radius 3 is 2.62 bits per heavy atom. The maximum absolute atomic E-state index is 12.6. The van der Waals surface area contributed by atoms with Gasteiger partial charge in [0.1, 0.15) is 0 Å². The van der Waals surface area contributed by atoms with Gasteiger partial charge in [0.25, 0.3) is 0 Å². The molecule has 0 saturated carbocycles. The third kappa shape index (κ3) is 1.85. The molecule has 0 nitrogen and oxygen atoms in total. The van der Waals surface area contributed by atoms with E-state index in [1.807, 2.05) is 19.1 Å². The van der Waals surface area contributed by atoms with Crippen molar-refractivity contribution in [3.63, 3.8) is 0 Å². The van der Waals surface area contributed by atoms with Gasteiger partial charge >= 0.3 is 6.18 Å². The van der Waals surface area contributed by atoms with Crippen LogP contribution in [0.4, 0.5) is 13.2 Å². The molecule has 0 saturated heterocycles. The summed E-state index contributed by atoms with van der Waals surface area (Å²) in [7, 11) is 0. The molecule has 0 aliphatic heterocycles. The Hall–Kier alpha value is -1.29. The number of fused-ring (bicyclic) bond motifs is 1. The van der Waals surface area contributed by atoms with Crippen molar-refractivity contribution in [2.24, 2.45) is 0 Å². The van der Waals surface area contributed by atoms with Crippen molar-refractivity contribution in [2.45, 2.75) is 13.1 Å². The molecule has 2 aromatic rings. The van der Waals surface area contributed by atoms with Crippen LogP contribution in [-0.2, 0) is 0 Å². The number of alkyl halides is 3. The van der Waals surface area contributed by atoms with Crippen LogP contribution in [-0.4, -0.2) is 6.18 Å². The summed E-state index contributed by atoms with van der Waals surface area (Å²) in [4.78, 5) is 0.998. The summed E-state index contributed by atoms with van der Waals surface area (Å²) in [5, 5.41) is 0.838. The van der Waals surface area contributed by atoms with Crippen LogP contribution in [0.15, 0.2) is 30.8 Å². The van der Waals surface area contributed by atoms with Crippen molar-refractivity contribution in [3.05, 3.63) is 41.3 Å². The van der Waals surface area contributed by atoms with Gasteiger partial charge in [-0.15, -0.1) is 11.3 Å². The molecule has 0 radical (unpaired) electrons. The third-order valence-corrected chi connectivity index (χ3v) is 3.43. The van der Waals surface area contributed by atoms with Crippen LogP contribution in [0, 0.1) is 6.92 Å². The first-order valence-corrected chi connectivity index (χ1v) is 5.47. The van der Waals surface area contributed by atoms with Gasteiger partial charge in [0.2, 0.25) is 0 Å². The highest BCUT2D eigenvalue weighted by Gasteiger charge is 2.33. The van der Waals surface area contributed by atoms with Crippen LogP contribution in [0.5, 0.6) is 0 Å². The smallest absolute Gasteiger partial charge is 0.166 e. The zero-order valence-corrected chi connectivity index (χ0v) is 9.38. The molecular formula is C12H9F3S. The van der Waals surface area contributed by atoms with Gasteiger partial charge in [-0.05, 0) is 18.4 Å². The zero-order valence-electron chi connectivity index (χ0n) is 8.56. The Kier molecular flexibility index (Phi) is 2.54. The molecule has 0 N–H and O–H groups in total. The first-order chi connectivity index (χ1) is 7.39. The van der Waals surface area contributed by atoms with E-state index < -0.39 is 11.7 Å². The van der Waals surface area contributed by atoms with Crippen molar-refractivity contribution >= 4 is 27.0 Å². The zero-order chi connectivity index (χ0) is 11.9. The molecule has 4 heteroatoms. The Labute approximate surface area is 95.0 Å². The minimum Gasteiger partial charge on any atom is -0.166 e. The number of aryl methyl sites for hydroxylation is 1. The fraction of sp³-hybridized carbons (Fsp3) is 0.167. The molecule has 0 fully saturated rings. The highest BCUT2D eigenvalue weighted by Crippen LogP contribution is 2.38. The molecule has 1 aromatic heterocycles. The molecule has 0 amide bonds. The van der Waals surface area contributed by atoms with Crippen LogP contribution in [0.3, 0.4) is 0 Å². The van der Waals surface area contributed by atoms with Gasteiger partial charge in [0, 0.05) is 15.1 Å². The summed E-state index contributed by atoms with van der Waals surface area (Å²) >= 11 is 1.36. The molecule has 0 spiro atoms. The van der Waals surface area contributed by atoms with Crippen molar-refractivity contribution in [2.75, 3.05) is 0 Å². The van der Waals surface area contributed by atoms with Crippen molar-refractivity contribution in [3.8, 4) is 0 Å². The summed E-state index contributed by atoms with van der Waals surface area (Å²) in [6, 6.07) is 6.79. The van der Waals surface area contributed by atoms with Gasteiger partial charge in [0.05, 0.1) is 5.57 Å². The first kappa shape index (κ1) is 11.2. The predicted molar refractivity (Wildman–Crippen MR) is 61.7 cm³/mol. The van der Waals surface area contributed by atoms with Crippen molar-refractivity contribution in [1.82, 2.24) is 0 Å². The summed E-state index contributed by atoms with van der Waals surface area (Å²) < 4.78 is 38.4. The number of halogens is 3. The molecule has 84 valence electrons. The lowest BCUT2D eigenvalue weighted by Gasteiger charge is -2.10. The number of rotatable bonds is 1. The van der Waals surface area contributed by atoms with Gasteiger partial charge in [0.15, 0.2) is 0 Å². The topological polar surface area (TPSA) is 0 Å². The van der Waals surface area contributed by atoms with E-state index in [0.717, 1.165) is 10.3 Å². The number of thiophene rings is 1. The van der Waals surface area contributed by atoms with Gasteiger partial charge in [-0.2, -0.15) is 13.2 Å². The molecule has 0 bridgehead atoms. The maximum Gasteiger partial charge on any atom is 0.416 e. The van der Waals surface area contributed by atoms with Crippen LogP contribution >= 0.6 is 11.3 Å². The molecule has 0 atom stereocenters. The number of benzene rings is 1. The van der Waals surface area contributed by atoms with E-state index >= 15 is 0 Å². The van der Waals surface area contributed by atoms with Crippen molar-refractivity contribution in [1.29, 1.82) is 0 Å². The summed E-state index contributed by atoms with van der Waals surface area (Å²) in [5.41, 5.74) is -0.594. The Balaban J connectivity index is 2.65. The standard InChI is InChI=1S/C12H9F3S/c1-7-6-9-4-3-5-10(11(9)16-7)8(2)12(13,14)15/h3-6H,2H2,1H3. The van der Waals surface area contributed by atoms with Crippen LogP contribution in [0.2, 0.25) is 0 Å². The first-order valence-electron chi connectivity index (χ1n) is 4.65. The van der Waals surface area contributed by atoms with Gasteiger partial charge in [-0.25, -0.2) is 0 Å². The van der Waals surface area contributed by atoms with E-state index in [4.69, 9.17) is 0 Å². The van der Waals surface area contributed by atoms with E-state index in [0.29, 0.717) is 4.70 Å². The molecule has 0 aliphatic rings. The minimum atomic E-state index is -4.37. The SMILES string of the molecule is C=C(c1cccc2cc(C)sc12)C(F)(F)F. The predicted octanol–water partition coefficient (Wildman–Crippen LogP) is 4.79. The fourth-order valence-electron chi connectivity index (χ4n) is 1.58. The van der Waals surface area contributed by atoms with E-state index in [-0.39, 0.29) is 5.56 Å². The minimum absolute atomic E-state index is 0.183. The second kappa shape index (κ2) is 3.63. The van der Waals surface area contributed by atoms with Gasteiger partial charge in [-0.1, -0.05) is 24.8 Å². The quantitative estimate of drug-likeness (QED) is 0.674. The van der Waals surface area contributed by atoms with Crippen LogP contribution < -0.4 is 0 Å². The normalized spacial score (nSPS) is 12.0. The summed E-state index contributed by atoms with van der Waals surface area (Å²) in [6.45, 7) is 5.02. The molecule has 1 heterocycles. The van der Waals surface area contributed by atoms with E-state index in [2.05, 4.69) is 6.58 Å². The largest absolute Gasteiger partial charge is 0.416 e. The number of hydrogen-bond acceptors (Lipinski definition) is 1. The third-order valence-electron chi connectivity index (χ3n) is 2.33. The molecule has 0 aliphatic carbocycles. The van der Waals surface area contributed by atoms with E-state index in [1.54, 1.807) is 6.07 Å². The summed E-state index contributed by atoms with van der Waals surface area (Å²) in [5.74, 6) is 0. The average Bonchev–Trinajstić information content (AvgIpc) is 2.54. The van der Waals surface area contributed by atoms with Crippen LogP contribution in [0.25, 0.3) is 15.7 Å². The highest BCUT2D eigenvalue weighted by atomic mass is 32.1.